The summed E-state index contributed by atoms with van der Waals surface area (Å²) in [5, 5.41) is 13.2. The van der Waals surface area contributed by atoms with Gasteiger partial charge in [0, 0.05) is 24.5 Å². The normalized spacial score (nSPS) is 10.6. The van der Waals surface area contributed by atoms with E-state index in [1.165, 1.54) is 22.9 Å². The molecule has 2 aromatic rings. The second kappa shape index (κ2) is 4.14. The lowest BCUT2D eigenvalue weighted by atomic mass is 10.2. The van der Waals surface area contributed by atoms with Crippen LogP contribution in [0.2, 0.25) is 0 Å². The van der Waals surface area contributed by atoms with E-state index in [1.54, 1.807) is 11.7 Å². The molecule has 0 amide bonds. The average molecular weight is 247 g/mol. The quantitative estimate of drug-likeness (QED) is 0.854. The van der Waals surface area contributed by atoms with Crippen LogP contribution in [0.4, 0.5) is 0 Å². The third kappa shape index (κ3) is 1.71. The van der Waals surface area contributed by atoms with Crippen molar-refractivity contribution in [3.63, 3.8) is 0 Å². The molecular weight excluding hydrogens is 234 g/mol. The average Bonchev–Trinajstić information content (AvgIpc) is 2.57. The Balaban J connectivity index is 2.72. The Labute approximate surface area is 103 Å². The van der Waals surface area contributed by atoms with Crippen molar-refractivity contribution in [1.82, 2.24) is 14.3 Å². The number of carbonyl (C=O) groups is 1. The van der Waals surface area contributed by atoms with Crippen molar-refractivity contribution in [2.75, 3.05) is 0 Å². The molecule has 0 bridgehead atoms. The van der Waals surface area contributed by atoms with E-state index in [0.29, 0.717) is 5.82 Å². The van der Waals surface area contributed by atoms with Crippen molar-refractivity contribution in [3.8, 4) is 5.82 Å². The van der Waals surface area contributed by atoms with Crippen LogP contribution in [-0.2, 0) is 7.05 Å². The predicted molar refractivity (Wildman–Crippen MR) is 65.2 cm³/mol. The highest BCUT2D eigenvalue weighted by Gasteiger charge is 2.15. The van der Waals surface area contributed by atoms with Gasteiger partial charge >= 0.3 is 5.97 Å². The van der Waals surface area contributed by atoms with Crippen LogP contribution in [0.3, 0.4) is 0 Å². The van der Waals surface area contributed by atoms with Crippen LogP contribution in [-0.4, -0.2) is 25.4 Å². The molecule has 2 aromatic heterocycles. The molecule has 2 heterocycles. The second-order valence-corrected chi connectivity index (χ2v) is 4.06. The minimum absolute atomic E-state index is 0.264. The minimum Gasteiger partial charge on any atom is -0.477 e. The van der Waals surface area contributed by atoms with Gasteiger partial charge in [0.25, 0.3) is 5.56 Å². The highest BCUT2D eigenvalue weighted by molar-refractivity contribution is 5.87. The molecule has 0 atom stereocenters. The summed E-state index contributed by atoms with van der Waals surface area (Å²) in [6, 6.07) is 2.81. The lowest BCUT2D eigenvalue weighted by Gasteiger charge is -2.03. The second-order valence-electron chi connectivity index (χ2n) is 4.06. The van der Waals surface area contributed by atoms with Crippen LogP contribution in [0.15, 0.2) is 23.1 Å². The smallest absolute Gasteiger partial charge is 0.341 e. The van der Waals surface area contributed by atoms with Crippen molar-refractivity contribution in [2.24, 2.45) is 7.05 Å². The number of carboxylic acid groups (broad SMARTS) is 1. The van der Waals surface area contributed by atoms with Crippen LogP contribution in [0.25, 0.3) is 5.82 Å². The van der Waals surface area contributed by atoms with E-state index in [0.717, 1.165) is 11.3 Å². The SMILES string of the molecule is Cc1c(-n2cccc(C(=O)O)c2=O)nn(C)c1C. The van der Waals surface area contributed by atoms with Crippen molar-refractivity contribution < 1.29 is 9.90 Å². The number of aromatic nitrogens is 3. The maximum Gasteiger partial charge on any atom is 0.341 e. The van der Waals surface area contributed by atoms with E-state index in [4.69, 9.17) is 5.11 Å². The summed E-state index contributed by atoms with van der Waals surface area (Å²) in [5.74, 6) is -0.775. The van der Waals surface area contributed by atoms with Gasteiger partial charge in [0.05, 0.1) is 0 Å². The lowest BCUT2D eigenvalue weighted by molar-refractivity contribution is 0.0694. The number of nitrogens with zero attached hydrogens (tertiary/aromatic N) is 3. The van der Waals surface area contributed by atoms with Crippen LogP contribution < -0.4 is 5.56 Å². The summed E-state index contributed by atoms with van der Waals surface area (Å²) < 4.78 is 2.91. The molecule has 0 spiro atoms. The van der Waals surface area contributed by atoms with E-state index < -0.39 is 11.5 Å². The summed E-state index contributed by atoms with van der Waals surface area (Å²) in [6.07, 6.45) is 1.52. The molecule has 0 unspecified atom stereocenters. The van der Waals surface area contributed by atoms with Crippen LogP contribution in [0.5, 0.6) is 0 Å². The first-order valence-corrected chi connectivity index (χ1v) is 5.39. The molecule has 0 aromatic carbocycles. The van der Waals surface area contributed by atoms with Gasteiger partial charge in [0.2, 0.25) is 0 Å². The van der Waals surface area contributed by atoms with Crippen LogP contribution in [0, 0.1) is 13.8 Å². The Kier molecular flexibility index (Phi) is 2.78. The maximum absolute atomic E-state index is 12.0. The van der Waals surface area contributed by atoms with Gasteiger partial charge in [-0.1, -0.05) is 0 Å². The Hall–Kier alpha value is -2.37. The van der Waals surface area contributed by atoms with Gasteiger partial charge in [-0.2, -0.15) is 5.10 Å². The number of aromatic carboxylic acids is 1. The van der Waals surface area contributed by atoms with Gasteiger partial charge < -0.3 is 5.11 Å². The van der Waals surface area contributed by atoms with Crippen molar-refractivity contribution in [2.45, 2.75) is 13.8 Å². The molecule has 6 heteroatoms. The maximum atomic E-state index is 12.0. The van der Waals surface area contributed by atoms with Crippen molar-refractivity contribution in [1.29, 1.82) is 0 Å². The van der Waals surface area contributed by atoms with E-state index in [1.807, 2.05) is 13.8 Å². The molecular formula is C12H13N3O3. The fraction of sp³-hybridized carbons (Fsp3) is 0.250. The largest absolute Gasteiger partial charge is 0.477 e. The first kappa shape index (κ1) is 12.1. The van der Waals surface area contributed by atoms with Gasteiger partial charge in [-0.25, -0.2) is 4.79 Å². The summed E-state index contributed by atoms with van der Waals surface area (Å²) in [6.45, 7) is 3.73. The summed E-state index contributed by atoms with van der Waals surface area (Å²) in [5.41, 5.74) is 0.936. The molecule has 0 aliphatic rings. The van der Waals surface area contributed by atoms with Crippen molar-refractivity contribution >= 4 is 5.97 Å². The first-order chi connectivity index (χ1) is 8.43. The van der Waals surface area contributed by atoms with Crippen LogP contribution >= 0.6 is 0 Å². The fourth-order valence-electron chi connectivity index (χ4n) is 1.75. The van der Waals surface area contributed by atoms with Gasteiger partial charge in [-0.15, -0.1) is 0 Å². The zero-order chi connectivity index (χ0) is 13.4. The van der Waals surface area contributed by atoms with Crippen molar-refractivity contribution in [3.05, 3.63) is 45.5 Å². The molecule has 0 aliphatic heterocycles. The number of hydrogen-bond acceptors (Lipinski definition) is 3. The Morgan fingerprint density at radius 3 is 2.56 bits per heavy atom. The number of rotatable bonds is 2. The Bertz CT molecular complexity index is 682. The van der Waals surface area contributed by atoms with E-state index in [9.17, 15) is 9.59 Å². The third-order valence-electron chi connectivity index (χ3n) is 3.01. The molecule has 94 valence electrons. The number of hydrogen-bond donors (Lipinski definition) is 1. The van der Waals surface area contributed by atoms with E-state index in [2.05, 4.69) is 5.10 Å². The van der Waals surface area contributed by atoms with Gasteiger partial charge in [-0.05, 0) is 26.0 Å². The van der Waals surface area contributed by atoms with Crippen LogP contribution in [0.1, 0.15) is 21.6 Å². The molecule has 6 nitrogen and oxygen atoms in total. The van der Waals surface area contributed by atoms with E-state index >= 15 is 0 Å². The topological polar surface area (TPSA) is 77.1 Å². The minimum atomic E-state index is -1.24. The molecule has 18 heavy (non-hydrogen) atoms. The molecule has 0 fully saturated rings. The summed E-state index contributed by atoms with van der Waals surface area (Å²) >= 11 is 0. The molecule has 1 N–H and O–H groups in total. The fourth-order valence-corrected chi connectivity index (χ4v) is 1.75. The molecule has 0 saturated carbocycles. The van der Waals surface area contributed by atoms with Gasteiger partial charge in [0.15, 0.2) is 5.82 Å². The lowest BCUT2D eigenvalue weighted by Crippen LogP contribution is -2.25. The zero-order valence-electron chi connectivity index (χ0n) is 10.3. The zero-order valence-corrected chi connectivity index (χ0v) is 10.3. The first-order valence-electron chi connectivity index (χ1n) is 5.39. The molecule has 0 saturated heterocycles. The van der Waals surface area contributed by atoms with Gasteiger partial charge in [0.1, 0.15) is 5.56 Å². The Morgan fingerprint density at radius 2 is 2.06 bits per heavy atom. The third-order valence-corrected chi connectivity index (χ3v) is 3.01. The van der Waals surface area contributed by atoms with E-state index in [-0.39, 0.29) is 5.56 Å². The highest BCUT2D eigenvalue weighted by atomic mass is 16.4. The Morgan fingerprint density at radius 1 is 1.39 bits per heavy atom. The number of pyridine rings is 1. The summed E-state index contributed by atoms with van der Waals surface area (Å²) in [4.78, 5) is 22.9. The van der Waals surface area contributed by atoms with Gasteiger partial charge in [-0.3, -0.25) is 14.0 Å². The number of aryl methyl sites for hydroxylation is 1. The highest BCUT2D eigenvalue weighted by Crippen LogP contribution is 2.14. The molecule has 2 rings (SSSR count). The summed E-state index contributed by atoms with van der Waals surface area (Å²) in [7, 11) is 1.78. The standard InChI is InChI=1S/C12H13N3O3/c1-7-8(2)14(3)13-10(7)15-6-4-5-9(11(15)16)12(17)18/h4-6H,1-3H3,(H,17,18). The number of carboxylic acids is 1. The predicted octanol–water partition coefficient (Wildman–Crippen LogP) is 0.886. The monoisotopic (exact) mass is 247 g/mol. The molecule has 0 aliphatic carbocycles. The molecule has 0 radical (unpaired) electrons.